The molecule has 0 aliphatic rings. The van der Waals surface area contributed by atoms with Crippen LogP contribution in [0.4, 0.5) is 0 Å². The van der Waals surface area contributed by atoms with Crippen molar-refractivity contribution in [1.29, 1.82) is 0 Å². The molecule has 14 rings (SSSR count). The molecule has 0 aliphatic carbocycles. The third-order valence-electron chi connectivity index (χ3n) is 14.6. The Morgan fingerprint density at radius 1 is 0.319 bits per heavy atom. The van der Waals surface area contributed by atoms with Crippen LogP contribution >= 0.6 is 11.6 Å². The minimum Gasteiger partial charge on any atom is -0.493 e. The van der Waals surface area contributed by atoms with Crippen LogP contribution in [0.5, 0.6) is 46.0 Å². The number of halogens is 1. The van der Waals surface area contributed by atoms with E-state index in [2.05, 4.69) is 86.5 Å². The first-order chi connectivity index (χ1) is 46.4. The fourth-order valence-corrected chi connectivity index (χ4v) is 10.0. The highest BCUT2D eigenvalue weighted by molar-refractivity contribution is 6.17. The van der Waals surface area contributed by atoms with E-state index in [0.717, 1.165) is 106 Å². The van der Waals surface area contributed by atoms with Crippen molar-refractivity contribution in [3.8, 4) is 68.8 Å². The van der Waals surface area contributed by atoms with Crippen LogP contribution < -0.4 is 37.9 Å². The second-order valence-corrected chi connectivity index (χ2v) is 21.4. The van der Waals surface area contributed by atoms with Crippen LogP contribution in [0.1, 0.15) is 39.3 Å². The summed E-state index contributed by atoms with van der Waals surface area (Å²) in [7, 11) is 3.20. The summed E-state index contributed by atoms with van der Waals surface area (Å²) in [5, 5.41) is 31.4. The summed E-state index contributed by atoms with van der Waals surface area (Å²) in [4.78, 5) is 13.9. The number of tetrazole rings is 2. The third kappa shape index (κ3) is 16.9. The van der Waals surface area contributed by atoms with E-state index in [4.69, 9.17) is 49.5 Å². The number of hydrogen-bond acceptors (Lipinski definition) is 17. The van der Waals surface area contributed by atoms with Gasteiger partial charge in [0.2, 0.25) is 11.6 Å². The number of para-hydroxylation sites is 3. The molecule has 0 unspecified atom stereocenters. The molecule has 14 aromatic rings. The number of pyridine rings is 3. The maximum atomic E-state index is 6.04. The SMILES string of the molecule is COc1cc(-c2nn[nH]n2)ccc1OCc1cccc(OCc2ccc3ccccc3n2)c1.COc1ccc(-c2nn[nH]n2)cc1OCc1cccc(OCc2ccc3ccccc3n2)c1.ClCc1cccc(COc2cccc(OCc3ccc4ccccc4n3)c2)c1. The average Bonchev–Trinajstić information content (AvgIpc) is 1.53. The van der Waals surface area contributed by atoms with Gasteiger partial charge in [-0.15, -0.1) is 32.0 Å². The maximum Gasteiger partial charge on any atom is 0.204 e. The lowest BCUT2D eigenvalue weighted by molar-refractivity contribution is 0.280. The number of alkyl halides is 1. The number of methoxy groups -OCH3 is 2. The number of hydrogen-bond donors (Lipinski definition) is 2. The zero-order chi connectivity index (χ0) is 64.1. The Morgan fingerprint density at radius 2 is 0.713 bits per heavy atom. The van der Waals surface area contributed by atoms with Crippen molar-refractivity contribution in [2.24, 2.45) is 0 Å². The fraction of sp³-hybridized carbons (Fsp3) is 0.122. The van der Waals surface area contributed by atoms with E-state index in [1.165, 1.54) is 0 Å². The molecule has 0 radical (unpaired) electrons. The Labute approximate surface area is 546 Å². The number of rotatable bonds is 23. The number of benzene rings is 9. The summed E-state index contributed by atoms with van der Waals surface area (Å²) >= 11 is 5.89. The van der Waals surface area contributed by atoms with Gasteiger partial charge in [0.25, 0.3) is 0 Å². The van der Waals surface area contributed by atoms with Gasteiger partial charge in [-0.05, 0) is 142 Å². The molecular formula is C74H62ClN11O8. The minimum absolute atomic E-state index is 0.345. The summed E-state index contributed by atoms with van der Waals surface area (Å²) in [5.41, 5.74) is 11.2. The van der Waals surface area contributed by atoms with Crippen LogP contribution in [0.15, 0.2) is 243 Å². The van der Waals surface area contributed by atoms with Crippen molar-refractivity contribution in [1.82, 2.24) is 56.2 Å². The predicted octanol–water partition coefficient (Wildman–Crippen LogP) is 15.3. The lowest BCUT2D eigenvalue weighted by atomic mass is 10.1. The lowest BCUT2D eigenvalue weighted by Gasteiger charge is -2.12. The van der Waals surface area contributed by atoms with Crippen LogP contribution in [-0.2, 0) is 45.5 Å². The molecule has 0 saturated heterocycles. The van der Waals surface area contributed by atoms with Crippen molar-refractivity contribution in [2.45, 2.75) is 45.5 Å². The zero-order valence-electron chi connectivity index (χ0n) is 51.2. The van der Waals surface area contributed by atoms with Gasteiger partial charge in [-0.25, -0.2) is 15.0 Å². The van der Waals surface area contributed by atoms with E-state index >= 15 is 0 Å². The van der Waals surface area contributed by atoms with Crippen molar-refractivity contribution < 1.29 is 37.9 Å². The minimum atomic E-state index is 0.345. The standard InChI is InChI=1S/2C25H21N5O3.C24H20ClNO2/c1-31-24-14-19(25-27-29-30-28-25)10-12-23(24)33-15-17-5-4-7-21(13-17)32-16-20-11-9-18-6-2-3-8-22(18)26-20;1-31-23-12-10-19(25-27-29-30-28-25)14-24(23)33-15-17-5-4-7-21(13-17)32-16-20-11-9-18-6-2-3-8-22(18)26-20;25-15-18-5-3-6-19(13-18)16-27-22-8-4-9-23(14-22)28-17-21-12-11-20-7-1-2-10-24(20)26-21/h2*2-14H,15-16H2,1H3,(H,27,28,29,30);1-14H,15-17H2. The normalized spacial score (nSPS) is 10.8. The van der Waals surface area contributed by atoms with Crippen molar-refractivity contribution in [3.05, 3.63) is 282 Å². The molecule has 468 valence electrons. The summed E-state index contributed by atoms with van der Waals surface area (Å²) < 4.78 is 46.7. The van der Waals surface area contributed by atoms with Crippen LogP contribution in [0.3, 0.4) is 0 Å². The number of ether oxygens (including phenoxy) is 8. The van der Waals surface area contributed by atoms with Crippen LogP contribution in [0.25, 0.3) is 55.5 Å². The molecule has 0 bridgehead atoms. The zero-order valence-corrected chi connectivity index (χ0v) is 52.0. The molecule has 9 aromatic carbocycles. The van der Waals surface area contributed by atoms with E-state index in [1.54, 1.807) is 14.2 Å². The molecule has 0 fully saturated rings. The Balaban J connectivity index is 0.000000136. The highest BCUT2D eigenvalue weighted by atomic mass is 35.5. The molecule has 20 heteroatoms. The van der Waals surface area contributed by atoms with E-state index < -0.39 is 0 Å². The van der Waals surface area contributed by atoms with Crippen LogP contribution in [0, 0.1) is 0 Å². The predicted molar refractivity (Wildman–Crippen MR) is 359 cm³/mol. The largest absolute Gasteiger partial charge is 0.493 e. The third-order valence-corrected chi connectivity index (χ3v) is 14.9. The quantitative estimate of drug-likeness (QED) is 0.0568. The number of aromatic nitrogens is 11. The first kappa shape index (κ1) is 62.2. The maximum absolute atomic E-state index is 6.04. The number of aromatic amines is 2. The van der Waals surface area contributed by atoms with E-state index in [9.17, 15) is 0 Å². The molecule has 5 aromatic heterocycles. The molecule has 5 heterocycles. The van der Waals surface area contributed by atoms with Gasteiger partial charge >= 0.3 is 0 Å². The molecule has 0 spiro atoms. The van der Waals surface area contributed by atoms with Gasteiger partial charge < -0.3 is 37.9 Å². The molecule has 94 heavy (non-hydrogen) atoms. The summed E-state index contributed by atoms with van der Waals surface area (Å²) in [6.07, 6.45) is 0. The van der Waals surface area contributed by atoms with E-state index in [1.807, 2.05) is 212 Å². The first-order valence-corrected chi connectivity index (χ1v) is 30.5. The van der Waals surface area contributed by atoms with Crippen molar-refractivity contribution in [3.63, 3.8) is 0 Å². The summed E-state index contributed by atoms with van der Waals surface area (Å²) in [6, 6.07) is 78.6. The molecule has 0 saturated carbocycles. The summed E-state index contributed by atoms with van der Waals surface area (Å²) in [6.45, 7) is 2.38. The van der Waals surface area contributed by atoms with Gasteiger partial charge in [-0.2, -0.15) is 10.4 Å². The van der Waals surface area contributed by atoms with Crippen LogP contribution in [-0.4, -0.2) is 70.4 Å². The first-order valence-electron chi connectivity index (χ1n) is 29.9. The topological polar surface area (TPSA) is 221 Å². The summed E-state index contributed by atoms with van der Waals surface area (Å²) in [5.74, 6) is 6.92. The Bertz CT molecular complexity index is 4770. The molecule has 0 aliphatic heterocycles. The van der Waals surface area contributed by atoms with Crippen molar-refractivity contribution >= 4 is 44.3 Å². The van der Waals surface area contributed by atoms with Crippen LogP contribution in [0.2, 0.25) is 0 Å². The number of nitrogens with one attached hydrogen (secondary N) is 2. The van der Waals surface area contributed by atoms with Crippen molar-refractivity contribution in [2.75, 3.05) is 14.2 Å². The molecule has 2 N–H and O–H groups in total. The Hall–Kier alpha value is -12.0. The fourth-order valence-electron chi connectivity index (χ4n) is 9.86. The molecular weight excluding hydrogens is 1210 g/mol. The lowest BCUT2D eigenvalue weighted by Crippen LogP contribution is -2.01. The van der Waals surface area contributed by atoms with Gasteiger partial charge in [0, 0.05) is 39.2 Å². The average molecular weight is 1270 g/mol. The smallest absolute Gasteiger partial charge is 0.204 e. The van der Waals surface area contributed by atoms with Gasteiger partial charge in [0.15, 0.2) is 23.0 Å². The monoisotopic (exact) mass is 1270 g/mol. The Kier molecular flexibility index (Phi) is 20.6. The van der Waals surface area contributed by atoms with Gasteiger partial charge in [0.05, 0.1) is 47.9 Å². The number of fused-ring (bicyclic) bond motifs is 3. The van der Waals surface area contributed by atoms with Gasteiger partial charge in [0.1, 0.15) is 62.6 Å². The number of H-pyrrole nitrogens is 2. The van der Waals surface area contributed by atoms with Gasteiger partial charge in [-0.3, -0.25) is 0 Å². The Morgan fingerprint density at radius 3 is 1.18 bits per heavy atom. The molecule has 19 nitrogen and oxygen atoms in total. The molecule has 0 amide bonds. The van der Waals surface area contributed by atoms with E-state index in [0.29, 0.717) is 80.2 Å². The molecule has 0 atom stereocenters. The number of nitrogens with zero attached hydrogens (tertiary/aromatic N) is 9. The van der Waals surface area contributed by atoms with Gasteiger partial charge in [-0.1, -0.05) is 127 Å². The second-order valence-electron chi connectivity index (χ2n) is 21.1. The highest BCUT2D eigenvalue weighted by Gasteiger charge is 2.14. The highest BCUT2D eigenvalue weighted by Crippen LogP contribution is 2.34. The second kappa shape index (κ2) is 31.2. The van der Waals surface area contributed by atoms with E-state index in [-0.39, 0.29) is 0 Å².